The van der Waals surface area contributed by atoms with Gasteiger partial charge in [-0.3, -0.25) is 14.6 Å². The molecule has 3 heterocycles. The van der Waals surface area contributed by atoms with Crippen LogP contribution >= 0.6 is 0 Å². The molecule has 0 aliphatic carbocycles. The maximum Gasteiger partial charge on any atom is 0.271 e. The Hall–Kier alpha value is -3.13. The van der Waals surface area contributed by atoms with Gasteiger partial charge in [-0.2, -0.15) is 0 Å². The van der Waals surface area contributed by atoms with E-state index in [0.717, 1.165) is 23.5 Å². The summed E-state index contributed by atoms with van der Waals surface area (Å²) < 4.78 is 0. The van der Waals surface area contributed by atoms with Gasteiger partial charge in [0.1, 0.15) is 5.69 Å². The van der Waals surface area contributed by atoms with Crippen LogP contribution in [0.2, 0.25) is 0 Å². The molecule has 0 atom stereocenters. The van der Waals surface area contributed by atoms with E-state index in [1.54, 1.807) is 29.4 Å². The Morgan fingerprint density at radius 2 is 2.18 bits per heavy atom. The van der Waals surface area contributed by atoms with E-state index in [2.05, 4.69) is 20.6 Å². The van der Waals surface area contributed by atoms with Crippen LogP contribution < -0.4 is 16.2 Å². The van der Waals surface area contributed by atoms with Crippen LogP contribution in [0.4, 0.5) is 11.4 Å². The zero-order chi connectivity index (χ0) is 20.1. The SMILES string of the molecule is CNc1ccnc(-c2c[nH]c(=O)c(NC3CN(C(=O)/C=C/CN(C)C)C3)c2)c1. The number of nitrogens with one attached hydrogen (secondary N) is 3. The summed E-state index contributed by atoms with van der Waals surface area (Å²) in [5, 5.41) is 6.31. The molecule has 0 aromatic carbocycles. The maximum absolute atomic E-state index is 12.2. The molecule has 1 aliphatic rings. The fourth-order valence-corrected chi connectivity index (χ4v) is 2.92. The summed E-state index contributed by atoms with van der Waals surface area (Å²) in [6.07, 6.45) is 6.83. The van der Waals surface area contributed by atoms with Crippen LogP contribution in [0.15, 0.2) is 47.5 Å². The molecule has 2 aromatic heterocycles. The van der Waals surface area contributed by atoms with Gasteiger partial charge in [-0.05, 0) is 32.3 Å². The Morgan fingerprint density at radius 1 is 1.39 bits per heavy atom. The molecule has 3 N–H and O–H groups in total. The molecule has 28 heavy (non-hydrogen) atoms. The van der Waals surface area contributed by atoms with Crippen LogP contribution in [0.1, 0.15) is 0 Å². The number of likely N-dealkylation sites (tertiary alicyclic amines) is 1. The molecule has 0 unspecified atom stereocenters. The average molecular weight is 382 g/mol. The van der Waals surface area contributed by atoms with Gasteiger partial charge in [-0.15, -0.1) is 0 Å². The third kappa shape index (κ3) is 4.77. The van der Waals surface area contributed by atoms with Gasteiger partial charge in [0.05, 0.1) is 11.7 Å². The van der Waals surface area contributed by atoms with Crippen molar-refractivity contribution in [1.29, 1.82) is 0 Å². The number of aromatic nitrogens is 2. The van der Waals surface area contributed by atoms with Gasteiger partial charge < -0.3 is 25.4 Å². The van der Waals surface area contributed by atoms with Gasteiger partial charge in [-0.1, -0.05) is 6.08 Å². The third-order valence-electron chi connectivity index (χ3n) is 4.53. The molecule has 1 aliphatic heterocycles. The molecule has 148 valence electrons. The molecular weight excluding hydrogens is 356 g/mol. The number of likely N-dealkylation sites (N-methyl/N-ethyl adjacent to an activating group) is 1. The van der Waals surface area contributed by atoms with Gasteiger partial charge in [0.25, 0.3) is 5.56 Å². The van der Waals surface area contributed by atoms with E-state index < -0.39 is 0 Å². The summed E-state index contributed by atoms with van der Waals surface area (Å²) >= 11 is 0. The highest BCUT2D eigenvalue weighted by molar-refractivity contribution is 5.88. The minimum atomic E-state index is -0.191. The van der Waals surface area contributed by atoms with Crippen molar-refractivity contribution < 1.29 is 4.79 Å². The molecule has 2 aromatic rings. The molecule has 1 amide bonds. The Labute approximate surface area is 164 Å². The number of amides is 1. The average Bonchev–Trinajstić information content (AvgIpc) is 2.65. The van der Waals surface area contributed by atoms with Crippen molar-refractivity contribution in [2.24, 2.45) is 0 Å². The normalized spacial score (nSPS) is 14.4. The van der Waals surface area contributed by atoms with Crippen molar-refractivity contribution in [3.63, 3.8) is 0 Å². The van der Waals surface area contributed by atoms with E-state index in [1.807, 2.05) is 44.3 Å². The second-order valence-electron chi connectivity index (χ2n) is 7.06. The number of hydrogen-bond acceptors (Lipinski definition) is 6. The smallest absolute Gasteiger partial charge is 0.271 e. The summed E-state index contributed by atoms with van der Waals surface area (Å²) in [5.74, 6) is -0.00404. The van der Waals surface area contributed by atoms with E-state index in [9.17, 15) is 9.59 Å². The molecule has 8 nitrogen and oxygen atoms in total. The fourth-order valence-electron chi connectivity index (χ4n) is 2.92. The Morgan fingerprint density at radius 3 is 2.89 bits per heavy atom. The van der Waals surface area contributed by atoms with E-state index in [-0.39, 0.29) is 17.5 Å². The maximum atomic E-state index is 12.2. The molecule has 0 bridgehead atoms. The highest BCUT2D eigenvalue weighted by atomic mass is 16.2. The number of carbonyl (C=O) groups excluding carboxylic acids is 1. The number of rotatable bonds is 7. The number of H-pyrrole nitrogens is 1. The van der Waals surface area contributed by atoms with Crippen molar-refractivity contribution in [1.82, 2.24) is 19.8 Å². The molecule has 3 rings (SSSR count). The Balaban J connectivity index is 1.62. The highest BCUT2D eigenvalue weighted by Crippen LogP contribution is 2.21. The van der Waals surface area contributed by atoms with Crippen molar-refractivity contribution in [3.05, 3.63) is 53.1 Å². The summed E-state index contributed by atoms with van der Waals surface area (Å²) in [4.78, 5) is 35.1. The quantitative estimate of drug-likeness (QED) is 0.624. The van der Waals surface area contributed by atoms with Crippen LogP contribution in [-0.4, -0.2) is 72.5 Å². The van der Waals surface area contributed by atoms with Gasteiger partial charge in [0, 0.05) is 56.4 Å². The van der Waals surface area contributed by atoms with Crippen LogP contribution in [0.3, 0.4) is 0 Å². The zero-order valence-electron chi connectivity index (χ0n) is 16.4. The summed E-state index contributed by atoms with van der Waals surface area (Å²) in [7, 11) is 5.75. The molecule has 8 heteroatoms. The molecular formula is C20H26N6O2. The molecule has 0 spiro atoms. The summed E-state index contributed by atoms with van der Waals surface area (Å²) in [6, 6.07) is 5.64. The van der Waals surface area contributed by atoms with E-state index in [0.29, 0.717) is 18.8 Å². The van der Waals surface area contributed by atoms with Gasteiger partial charge in [0.15, 0.2) is 0 Å². The lowest BCUT2D eigenvalue weighted by Gasteiger charge is -2.39. The zero-order valence-corrected chi connectivity index (χ0v) is 16.4. The van der Waals surface area contributed by atoms with Crippen molar-refractivity contribution in [3.8, 4) is 11.3 Å². The summed E-state index contributed by atoms with van der Waals surface area (Å²) in [6.45, 7) is 1.87. The number of nitrogens with zero attached hydrogens (tertiary/aromatic N) is 3. The van der Waals surface area contributed by atoms with Crippen molar-refractivity contribution in [2.75, 3.05) is 51.4 Å². The largest absolute Gasteiger partial charge is 0.388 e. The standard InChI is InChI=1S/C20H26N6O2/c1-21-15-6-7-22-17(10-15)14-9-18(20(28)23-11-14)24-16-12-26(13-16)19(27)5-4-8-25(2)3/h4-7,9-11,16,24H,8,12-13H2,1-3H3,(H,21,22)(H,23,28)/b5-4+. The summed E-state index contributed by atoms with van der Waals surface area (Å²) in [5.41, 5.74) is 2.82. The topological polar surface area (TPSA) is 93.4 Å². The van der Waals surface area contributed by atoms with E-state index in [4.69, 9.17) is 0 Å². The molecule has 0 radical (unpaired) electrons. The van der Waals surface area contributed by atoms with Crippen LogP contribution in [0.5, 0.6) is 0 Å². The number of carbonyl (C=O) groups is 1. The van der Waals surface area contributed by atoms with Crippen molar-refractivity contribution in [2.45, 2.75) is 6.04 Å². The number of aromatic amines is 1. The molecule has 1 saturated heterocycles. The van der Waals surface area contributed by atoms with Gasteiger partial charge >= 0.3 is 0 Å². The molecule has 1 fully saturated rings. The lowest BCUT2D eigenvalue weighted by molar-refractivity contribution is -0.129. The van der Waals surface area contributed by atoms with Crippen LogP contribution in [0.25, 0.3) is 11.3 Å². The van der Waals surface area contributed by atoms with Crippen molar-refractivity contribution >= 4 is 17.3 Å². The van der Waals surface area contributed by atoms with E-state index >= 15 is 0 Å². The first-order valence-corrected chi connectivity index (χ1v) is 9.20. The monoisotopic (exact) mass is 382 g/mol. The minimum absolute atomic E-state index is 0.00404. The predicted molar refractivity (Wildman–Crippen MR) is 112 cm³/mol. The van der Waals surface area contributed by atoms with E-state index in [1.165, 1.54) is 0 Å². The number of hydrogen-bond donors (Lipinski definition) is 3. The Kier molecular flexibility index (Phi) is 6.10. The second-order valence-corrected chi connectivity index (χ2v) is 7.06. The predicted octanol–water partition coefficient (Wildman–Crippen LogP) is 1.22. The first-order valence-electron chi connectivity index (χ1n) is 9.20. The minimum Gasteiger partial charge on any atom is -0.388 e. The first-order chi connectivity index (χ1) is 13.5. The second kappa shape index (κ2) is 8.71. The lowest BCUT2D eigenvalue weighted by Crippen LogP contribution is -2.57. The Bertz CT molecular complexity index is 915. The fraction of sp³-hybridized carbons (Fsp3) is 0.350. The van der Waals surface area contributed by atoms with Gasteiger partial charge in [0.2, 0.25) is 5.91 Å². The van der Waals surface area contributed by atoms with Crippen LogP contribution in [-0.2, 0) is 4.79 Å². The number of pyridine rings is 2. The molecule has 0 saturated carbocycles. The first kappa shape index (κ1) is 19.6. The lowest BCUT2D eigenvalue weighted by atomic mass is 10.1. The number of anilines is 2. The van der Waals surface area contributed by atoms with Crippen LogP contribution in [0, 0.1) is 0 Å². The third-order valence-corrected chi connectivity index (χ3v) is 4.53. The highest BCUT2D eigenvalue weighted by Gasteiger charge is 2.29. The van der Waals surface area contributed by atoms with Gasteiger partial charge in [-0.25, -0.2) is 0 Å².